The van der Waals surface area contributed by atoms with Gasteiger partial charge in [0.1, 0.15) is 6.04 Å². The summed E-state index contributed by atoms with van der Waals surface area (Å²) in [6.45, 7) is 2.71. The molecule has 18 heavy (non-hydrogen) atoms. The van der Waals surface area contributed by atoms with Crippen molar-refractivity contribution in [2.24, 2.45) is 0 Å². The van der Waals surface area contributed by atoms with Gasteiger partial charge in [-0.1, -0.05) is 6.92 Å². The highest BCUT2D eigenvalue weighted by Crippen LogP contribution is 2.20. The number of sulfone groups is 1. The van der Waals surface area contributed by atoms with Crippen molar-refractivity contribution in [1.29, 1.82) is 5.26 Å². The van der Waals surface area contributed by atoms with E-state index in [1.165, 1.54) is 18.0 Å². The van der Waals surface area contributed by atoms with Gasteiger partial charge in [0.15, 0.2) is 9.84 Å². The summed E-state index contributed by atoms with van der Waals surface area (Å²) in [5.74, 6) is 0.641. The quantitative estimate of drug-likeness (QED) is 0.805. The second kappa shape index (κ2) is 6.78. The van der Waals surface area contributed by atoms with Gasteiger partial charge in [0.25, 0.3) is 0 Å². The predicted molar refractivity (Wildman–Crippen MR) is 73.4 cm³/mol. The van der Waals surface area contributed by atoms with E-state index in [0.717, 1.165) is 11.4 Å². The number of hydrogen-bond donors (Lipinski definition) is 1. The molecule has 1 atom stereocenters. The summed E-state index contributed by atoms with van der Waals surface area (Å²) >= 11 is 1.53. The van der Waals surface area contributed by atoms with Crippen molar-refractivity contribution in [2.75, 3.05) is 18.6 Å². The Morgan fingerprint density at radius 2 is 2.00 bits per heavy atom. The number of rotatable bonds is 6. The number of nitriles is 1. The molecule has 0 aliphatic heterocycles. The maximum absolute atomic E-state index is 11.3. The molecule has 0 saturated heterocycles. The molecule has 98 valence electrons. The summed E-state index contributed by atoms with van der Waals surface area (Å²) in [6, 6.07) is 8.71. The molecule has 1 rings (SSSR count). The lowest BCUT2D eigenvalue weighted by atomic mass is 10.4. The van der Waals surface area contributed by atoms with E-state index in [0.29, 0.717) is 10.6 Å². The van der Waals surface area contributed by atoms with Crippen molar-refractivity contribution in [3.05, 3.63) is 24.3 Å². The van der Waals surface area contributed by atoms with Crippen LogP contribution in [0.3, 0.4) is 0 Å². The van der Waals surface area contributed by atoms with Gasteiger partial charge in [-0.05, 0) is 30.8 Å². The molecule has 0 saturated carbocycles. The summed E-state index contributed by atoms with van der Waals surface area (Å²) < 4.78 is 22.6. The van der Waals surface area contributed by atoms with Crippen LogP contribution >= 0.6 is 11.8 Å². The minimum absolute atomic E-state index is 0.186. The summed E-state index contributed by atoms with van der Waals surface area (Å²) in [5, 5.41) is 11.9. The van der Waals surface area contributed by atoms with E-state index >= 15 is 0 Å². The van der Waals surface area contributed by atoms with Crippen LogP contribution in [-0.2, 0) is 9.84 Å². The van der Waals surface area contributed by atoms with Crippen LogP contribution in [0.2, 0.25) is 0 Å². The minimum atomic E-state index is -3.14. The van der Waals surface area contributed by atoms with E-state index in [-0.39, 0.29) is 6.04 Å². The van der Waals surface area contributed by atoms with Gasteiger partial charge in [0, 0.05) is 16.9 Å². The van der Waals surface area contributed by atoms with Gasteiger partial charge in [-0.3, -0.25) is 0 Å². The average Bonchev–Trinajstić information content (AvgIpc) is 2.34. The Morgan fingerprint density at radius 3 is 2.44 bits per heavy atom. The Bertz CT molecular complexity index is 518. The smallest absolute Gasteiger partial charge is 0.175 e. The minimum Gasteiger partial charge on any atom is -0.302 e. The molecule has 0 spiro atoms. The van der Waals surface area contributed by atoms with Crippen LogP contribution < -0.4 is 5.32 Å². The third-order valence-electron chi connectivity index (χ3n) is 2.27. The van der Waals surface area contributed by atoms with Gasteiger partial charge in [-0.2, -0.15) is 5.26 Å². The number of thioether (sulfide) groups is 1. The molecule has 0 bridgehead atoms. The first-order valence-corrected chi connectivity index (χ1v) is 8.41. The molecule has 0 aromatic heterocycles. The molecule has 0 amide bonds. The Balaban J connectivity index is 2.62. The topological polar surface area (TPSA) is 70.0 Å². The lowest BCUT2D eigenvalue weighted by molar-refractivity contribution is 0.602. The van der Waals surface area contributed by atoms with Crippen LogP contribution in [0.25, 0.3) is 0 Å². The largest absolute Gasteiger partial charge is 0.302 e. The van der Waals surface area contributed by atoms with Gasteiger partial charge in [-0.15, -0.1) is 11.8 Å². The fourth-order valence-corrected chi connectivity index (χ4v) is 2.86. The monoisotopic (exact) mass is 284 g/mol. The second-order valence-corrected chi connectivity index (χ2v) is 6.90. The third kappa shape index (κ3) is 4.69. The number of benzene rings is 1. The van der Waals surface area contributed by atoms with Crippen molar-refractivity contribution in [2.45, 2.75) is 22.8 Å². The SMILES string of the molecule is CCNC(C#N)CSc1ccc(S(C)(=O)=O)cc1. The lowest BCUT2D eigenvalue weighted by Crippen LogP contribution is -2.29. The van der Waals surface area contributed by atoms with Crippen LogP contribution in [0.15, 0.2) is 34.1 Å². The van der Waals surface area contributed by atoms with E-state index in [2.05, 4.69) is 11.4 Å². The number of nitrogens with one attached hydrogen (secondary N) is 1. The molecule has 1 aromatic carbocycles. The first-order chi connectivity index (χ1) is 8.47. The fraction of sp³-hybridized carbons (Fsp3) is 0.417. The molecular weight excluding hydrogens is 268 g/mol. The molecule has 1 unspecified atom stereocenters. The van der Waals surface area contributed by atoms with Crippen LogP contribution in [0, 0.1) is 11.3 Å². The highest BCUT2D eigenvalue weighted by Gasteiger charge is 2.08. The molecule has 1 N–H and O–H groups in total. The van der Waals surface area contributed by atoms with E-state index < -0.39 is 9.84 Å². The molecular formula is C12H16N2O2S2. The van der Waals surface area contributed by atoms with Crippen molar-refractivity contribution >= 4 is 21.6 Å². The average molecular weight is 284 g/mol. The standard InChI is InChI=1S/C12H16N2O2S2/c1-3-14-10(8-13)9-17-11-4-6-12(7-5-11)18(2,15)16/h4-7,10,14H,3,9H2,1-2H3. The molecule has 0 fully saturated rings. The highest BCUT2D eigenvalue weighted by atomic mass is 32.2. The van der Waals surface area contributed by atoms with Gasteiger partial charge >= 0.3 is 0 Å². The zero-order valence-corrected chi connectivity index (χ0v) is 12.0. The summed E-state index contributed by atoms with van der Waals surface area (Å²) in [5.41, 5.74) is 0. The molecule has 0 radical (unpaired) electrons. The van der Waals surface area contributed by atoms with Crippen LogP contribution in [0.1, 0.15) is 6.92 Å². The van der Waals surface area contributed by atoms with Gasteiger partial charge in [0.2, 0.25) is 0 Å². The van der Waals surface area contributed by atoms with Crippen LogP contribution in [0.5, 0.6) is 0 Å². The van der Waals surface area contributed by atoms with Crippen LogP contribution in [0.4, 0.5) is 0 Å². The maximum atomic E-state index is 11.3. The normalized spacial score (nSPS) is 12.9. The lowest BCUT2D eigenvalue weighted by Gasteiger charge is -2.09. The molecule has 0 heterocycles. The maximum Gasteiger partial charge on any atom is 0.175 e. The molecule has 0 aliphatic rings. The van der Waals surface area contributed by atoms with E-state index in [9.17, 15) is 8.42 Å². The third-order valence-corrected chi connectivity index (χ3v) is 4.51. The first kappa shape index (κ1) is 15.0. The zero-order chi connectivity index (χ0) is 13.6. The Kier molecular flexibility index (Phi) is 5.66. The Labute approximate surface area is 112 Å². The fourth-order valence-electron chi connectivity index (χ4n) is 1.35. The van der Waals surface area contributed by atoms with E-state index in [4.69, 9.17) is 5.26 Å². The summed E-state index contributed by atoms with van der Waals surface area (Å²) in [4.78, 5) is 1.27. The number of nitrogens with zero attached hydrogens (tertiary/aromatic N) is 1. The Morgan fingerprint density at radius 1 is 1.39 bits per heavy atom. The van der Waals surface area contributed by atoms with Gasteiger partial charge in [-0.25, -0.2) is 8.42 Å². The summed E-state index contributed by atoms with van der Waals surface area (Å²) in [7, 11) is -3.14. The van der Waals surface area contributed by atoms with E-state index in [1.807, 2.05) is 6.92 Å². The van der Waals surface area contributed by atoms with Crippen molar-refractivity contribution in [1.82, 2.24) is 5.32 Å². The van der Waals surface area contributed by atoms with Crippen molar-refractivity contribution in [3.63, 3.8) is 0 Å². The van der Waals surface area contributed by atoms with Crippen molar-refractivity contribution < 1.29 is 8.42 Å². The second-order valence-electron chi connectivity index (χ2n) is 3.79. The zero-order valence-electron chi connectivity index (χ0n) is 10.4. The van der Waals surface area contributed by atoms with Crippen LogP contribution in [-0.4, -0.2) is 33.0 Å². The summed E-state index contributed by atoms with van der Waals surface area (Å²) in [6.07, 6.45) is 1.19. The molecule has 0 aliphatic carbocycles. The predicted octanol–water partition coefficient (Wildman–Crippen LogP) is 1.68. The van der Waals surface area contributed by atoms with E-state index in [1.54, 1.807) is 24.3 Å². The Hall–Kier alpha value is -1.03. The van der Waals surface area contributed by atoms with Gasteiger partial charge in [0.05, 0.1) is 11.0 Å². The first-order valence-electron chi connectivity index (χ1n) is 5.53. The number of hydrogen-bond acceptors (Lipinski definition) is 5. The van der Waals surface area contributed by atoms with Crippen molar-refractivity contribution in [3.8, 4) is 6.07 Å². The molecule has 6 heteroatoms. The van der Waals surface area contributed by atoms with Gasteiger partial charge < -0.3 is 5.32 Å². The molecule has 4 nitrogen and oxygen atoms in total. The molecule has 1 aromatic rings. The highest BCUT2D eigenvalue weighted by molar-refractivity contribution is 7.99.